The van der Waals surface area contributed by atoms with Gasteiger partial charge < -0.3 is 18.9 Å². The van der Waals surface area contributed by atoms with Crippen LogP contribution in [0.2, 0.25) is 0 Å². The summed E-state index contributed by atoms with van der Waals surface area (Å²) < 4.78 is 292. The van der Waals surface area contributed by atoms with E-state index in [1.54, 1.807) is 0 Å². The molecular weight excluding hydrogens is 977 g/mol. The molecule has 7 rings (SSSR count). The lowest BCUT2D eigenvalue weighted by molar-refractivity contribution is 0.355. The van der Waals surface area contributed by atoms with Crippen molar-refractivity contribution in [3.8, 4) is 73.6 Å². The Morgan fingerprint density at radius 3 is 0.956 bits per heavy atom. The van der Waals surface area contributed by atoms with Gasteiger partial charge in [-0.25, -0.2) is 43.9 Å². The summed E-state index contributed by atoms with van der Waals surface area (Å²) in [7, 11) is -4.23. The first-order valence-corrected chi connectivity index (χ1v) is 19.7. The first kappa shape index (κ1) is 48.5. The average molecular weight is 995 g/mol. The van der Waals surface area contributed by atoms with Crippen molar-refractivity contribution < 1.29 is 102 Å². The van der Waals surface area contributed by atoms with Crippen molar-refractivity contribution >= 4 is 10.1 Å². The summed E-state index contributed by atoms with van der Waals surface area (Å²) in [6.45, 7) is 0.583. The second-order valence-electron chi connectivity index (χ2n) is 13.8. The van der Waals surface area contributed by atoms with Gasteiger partial charge in [-0.2, -0.15) is 34.8 Å². The smallest absolute Gasteiger partial charge is 0.298 e. The first-order valence-electron chi connectivity index (χ1n) is 18.2. The van der Waals surface area contributed by atoms with Crippen LogP contribution in [0.4, 0.5) is 70.2 Å². The van der Waals surface area contributed by atoms with Gasteiger partial charge in [-0.05, 0) is 54.4 Å². The molecule has 0 bridgehead atoms. The Morgan fingerprint density at radius 2 is 0.662 bits per heavy atom. The van der Waals surface area contributed by atoms with Crippen molar-refractivity contribution in [3.63, 3.8) is 0 Å². The molecule has 0 aromatic heterocycles. The molecule has 7 nitrogen and oxygen atoms in total. The van der Waals surface area contributed by atoms with Crippen LogP contribution in [0, 0.1) is 100.0 Å². The molecule has 354 valence electrons. The minimum absolute atomic E-state index is 0.182. The van der Waals surface area contributed by atoms with Gasteiger partial charge in [0.2, 0.25) is 52.2 Å². The Kier molecular flexibility index (Phi) is 12.8. The summed E-state index contributed by atoms with van der Waals surface area (Å²) in [5.41, 5.74) is -9.70. The van der Waals surface area contributed by atoms with Crippen molar-refractivity contribution in [3.05, 3.63) is 165 Å². The molecule has 1 N–H and O–H groups in total. The van der Waals surface area contributed by atoms with Crippen LogP contribution in [-0.2, 0) is 10.1 Å². The highest BCUT2D eigenvalue weighted by molar-refractivity contribution is 7.86. The molecule has 0 aliphatic rings. The lowest BCUT2D eigenvalue weighted by atomic mass is 9.99. The molecule has 7 aromatic carbocycles. The van der Waals surface area contributed by atoms with Crippen LogP contribution in [-0.4, -0.2) is 20.1 Å². The molecule has 0 amide bonds. The minimum atomic E-state index is -5.27. The summed E-state index contributed by atoms with van der Waals surface area (Å²) in [6.07, 6.45) is 0. The molecule has 0 aliphatic heterocycles. The van der Waals surface area contributed by atoms with Crippen molar-refractivity contribution in [2.75, 3.05) is 7.11 Å². The second-order valence-corrected chi connectivity index (χ2v) is 15.2. The lowest BCUT2D eigenvalue weighted by Gasteiger charge is -2.17. The van der Waals surface area contributed by atoms with Gasteiger partial charge in [0.25, 0.3) is 10.1 Å². The minimum Gasteiger partial charge on any atom is -0.497 e. The Labute approximate surface area is 369 Å². The molecule has 7 aromatic rings. The number of rotatable bonds is 11. The number of hydrogen-bond acceptors (Lipinski definition) is 6. The normalized spacial score (nSPS) is 11.6. The fraction of sp³-hybridized carbons (Fsp3) is 0.0455. The maximum absolute atomic E-state index is 15.4. The fourth-order valence-corrected chi connectivity index (χ4v) is 7.03. The third-order valence-electron chi connectivity index (χ3n) is 9.77. The van der Waals surface area contributed by atoms with Gasteiger partial charge in [-0.1, -0.05) is 24.3 Å². The van der Waals surface area contributed by atoms with Crippen molar-refractivity contribution in [2.45, 2.75) is 11.8 Å². The lowest BCUT2D eigenvalue weighted by Crippen LogP contribution is -2.10. The highest BCUT2D eigenvalue weighted by Crippen LogP contribution is 2.45. The van der Waals surface area contributed by atoms with E-state index in [0.717, 1.165) is 61.7 Å². The summed E-state index contributed by atoms with van der Waals surface area (Å²) in [5.74, 6) is -47.6. The SMILES string of the molecule is COc1ccc(Oc2c(F)c(F)c(-c3c(F)c(F)c(Oc4ccc(-c5ccc(Oc6c(F)c(F)c(-c7c(F)c(F)c(C)c(F)c7F)c(F)c6F)cc5)cc4)c(F)c3F)c(F)c2F)c(S(=O)(=O)O)c1. The first-order chi connectivity index (χ1) is 31.9. The van der Waals surface area contributed by atoms with E-state index in [4.69, 9.17) is 14.2 Å². The Morgan fingerprint density at radius 1 is 0.382 bits per heavy atom. The van der Waals surface area contributed by atoms with Gasteiger partial charge >= 0.3 is 0 Å². The predicted molar refractivity (Wildman–Crippen MR) is 203 cm³/mol. The topological polar surface area (TPSA) is 91.3 Å². The Hall–Kier alpha value is -7.47. The number of methoxy groups -OCH3 is 1. The zero-order valence-electron chi connectivity index (χ0n) is 33.2. The van der Waals surface area contributed by atoms with Crippen molar-refractivity contribution in [2.24, 2.45) is 0 Å². The van der Waals surface area contributed by atoms with E-state index in [1.165, 1.54) is 0 Å². The van der Waals surface area contributed by atoms with Crippen molar-refractivity contribution in [1.82, 2.24) is 0 Å². The van der Waals surface area contributed by atoms with Gasteiger partial charge in [0.1, 0.15) is 27.9 Å². The third-order valence-corrected chi connectivity index (χ3v) is 10.6. The highest BCUT2D eigenvalue weighted by atomic mass is 32.2. The quantitative estimate of drug-likeness (QED) is 0.0784. The molecule has 0 saturated heterocycles. The molecule has 0 unspecified atom stereocenters. The van der Waals surface area contributed by atoms with Gasteiger partial charge in [0.15, 0.2) is 58.2 Å². The number of ether oxygens (including phenoxy) is 4. The van der Waals surface area contributed by atoms with E-state index in [1.807, 2.05) is 0 Å². The Bertz CT molecular complexity index is 3240. The predicted octanol–water partition coefficient (Wildman–Crippen LogP) is 13.9. The Balaban J connectivity index is 1.13. The van der Waals surface area contributed by atoms with Crippen LogP contribution in [0.15, 0.2) is 71.6 Å². The van der Waals surface area contributed by atoms with Gasteiger partial charge in [0.05, 0.1) is 29.4 Å². The third kappa shape index (κ3) is 8.22. The van der Waals surface area contributed by atoms with E-state index in [0.29, 0.717) is 19.1 Å². The summed E-state index contributed by atoms with van der Waals surface area (Å²) in [6, 6.07) is 10.6. The molecule has 0 heterocycles. The standard InChI is InChI=1S/C44H18F16O7S/c1-14-26(45)28(47)22(29(48)27(14)46)23-30(49)36(55)42(37(56)31(23)50)65-17-7-3-15(4-8-17)16-5-9-18(10-6-16)66-43-38(57)32(51)24(33(52)39(43)58)25-34(53)40(59)44(41(60)35(25)54)67-20-12-11-19(64-2)13-21(20)68(61,62)63/h3-13H,1-2H3,(H,61,62,63). The zero-order valence-corrected chi connectivity index (χ0v) is 34.0. The number of benzene rings is 7. The fourth-order valence-electron chi connectivity index (χ4n) is 6.40. The number of hydrogen-bond donors (Lipinski definition) is 1. The van der Waals surface area contributed by atoms with Crippen LogP contribution in [0.3, 0.4) is 0 Å². The van der Waals surface area contributed by atoms with E-state index in [-0.39, 0.29) is 16.9 Å². The van der Waals surface area contributed by atoms with Gasteiger partial charge in [0, 0.05) is 11.6 Å². The second kappa shape index (κ2) is 18.0. The maximum atomic E-state index is 15.4. The molecule has 0 atom stereocenters. The molecule has 0 aliphatic carbocycles. The molecule has 0 radical (unpaired) electrons. The monoisotopic (exact) mass is 994 g/mol. The van der Waals surface area contributed by atoms with Crippen molar-refractivity contribution in [1.29, 1.82) is 0 Å². The van der Waals surface area contributed by atoms with E-state index in [9.17, 15) is 30.5 Å². The van der Waals surface area contributed by atoms with Crippen LogP contribution in [0.5, 0.6) is 40.2 Å². The van der Waals surface area contributed by atoms with Gasteiger partial charge in [-0.15, -0.1) is 0 Å². The van der Waals surface area contributed by atoms with Gasteiger partial charge in [-0.3, -0.25) is 4.55 Å². The summed E-state index contributed by atoms with van der Waals surface area (Å²) in [4.78, 5) is -1.23. The summed E-state index contributed by atoms with van der Waals surface area (Å²) >= 11 is 0. The highest BCUT2D eigenvalue weighted by Gasteiger charge is 2.37. The molecule has 68 heavy (non-hydrogen) atoms. The van der Waals surface area contributed by atoms with Crippen LogP contribution in [0.1, 0.15) is 5.56 Å². The van der Waals surface area contributed by atoms with E-state index < -0.39 is 170 Å². The largest absolute Gasteiger partial charge is 0.497 e. The zero-order chi connectivity index (χ0) is 50.0. The van der Waals surface area contributed by atoms with Crippen LogP contribution in [0.25, 0.3) is 33.4 Å². The molecular formula is C44H18F16O7S. The molecule has 0 saturated carbocycles. The van der Waals surface area contributed by atoms with Crippen LogP contribution < -0.4 is 18.9 Å². The van der Waals surface area contributed by atoms with Crippen LogP contribution >= 0.6 is 0 Å². The molecule has 0 spiro atoms. The van der Waals surface area contributed by atoms with E-state index in [2.05, 4.69) is 4.74 Å². The number of halogens is 16. The molecule has 24 heteroatoms. The average Bonchev–Trinajstić information content (AvgIpc) is 3.32. The van der Waals surface area contributed by atoms with E-state index >= 15 is 52.7 Å². The summed E-state index contributed by atoms with van der Waals surface area (Å²) in [5, 5.41) is 0. The molecule has 0 fully saturated rings. The maximum Gasteiger partial charge on any atom is 0.298 e.